The Kier molecular flexibility index (Phi) is 4.82. The molecule has 0 fully saturated rings. The van der Waals surface area contributed by atoms with Gasteiger partial charge in [0, 0.05) is 13.1 Å². The molecule has 0 bridgehead atoms. The molecule has 0 unspecified atom stereocenters. The largest absolute Gasteiger partial charge is 0.467 e. The SMILES string of the molecule is CCN(Cc1cccc(C)c1)C(=O)NCc1ccco1. The van der Waals surface area contributed by atoms with Gasteiger partial charge >= 0.3 is 6.03 Å². The Labute approximate surface area is 119 Å². The van der Waals surface area contributed by atoms with E-state index in [0.29, 0.717) is 19.6 Å². The zero-order valence-corrected chi connectivity index (χ0v) is 11.9. The van der Waals surface area contributed by atoms with Crippen molar-refractivity contribution in [3.8, 4) is 0 Å². The van der Waals surface area contributed by atoms with E-state index in [0.717, 1.165) is 11.3 Å². The number of carbonyl (C=O) groups excluding carboxylic acids is 1. The van der Waals surface area contributed by atoms with Crippen LogP contribution in [-0.2, 0) is 13.1 Å². The van der Waals surface area contributed by atoms with Crippen molar-refractivity contribution in [3.63, 3.8) is 0 Å². The Morgan fingerprint density at radius 2 is 2.15 bits per heavy atom. The highest BCUT2D eigenvalue weighted by Crippen LogP contribution is 2.08. The fourth-order valence-corrected chi connectivity index (χ4v) is 2.05. The minimum absolute atomic E-state index is 0.0783. The Balaban J connectivity index is 1.92. The molecular formula is C16H20N2O2. The number of hydrogen-bond donors (Lipinski definition) is 1. The van der Waals surface area contributed by atoms with Gasteiger partial charge in [0.1, 0.15) is 5.76 Å². The number of nitrogens with one attached hydrogen (secondary N) is 1. The standard InChI is InChI=1S/C16H20N2O2/c1-3-18(12-14-7-4-6-13(2)10-14)16(19)17-11-15-8-5-9-20-15/h4-10H,3,11-12H2,1-2H3,(H,17,19). The summed E-state index contributed by atoms with van der Waals surface area (Å²) in [6.45, 7) is 5.72. The molecule has 0 radical (unpaired) electrons. The summed E-state index contributed by atoms with van der Waals surface area (Å²) in [6, 6.07) is 11.8. The number of urea groups is 1. The van der Waals surface area contributed by atoms with Crippen LogP contribution < -0.4 is 5.32 Å². The van der Waals surface area contributed by atoms with Crippen LogP contribution in [0.3, 0.4) is 0 Å². The van der Waals surface area contributed by atoms with Gasteiger partial charge in [0.05, 0.1) is 12.8 Å². The first-order valence-electron chi connectivity index (χ1n) is 6.79. The molecule has 0 spiro atoms. The van der Waals surface area contributed by atoms with Gasteiger partial charge in [-0.15, -0.1) is 0 Å². The van der Waals surface area contributed by atoms with Crippen LogP contribution >= 0.6 is 0 Å². The molecule has 1 N–H and O–H groups in total. The number of aryl methyl sites for hydroxylation is 1. The third-order valence-electron chi connectivity index (χ3n) is 3.12. The zero-order chi connectivity index (χ0) is 14.4. The highest BCUT2D eigenvalue weighted by Gasteiger charge is 2.12. The average molecular weight is 272 g/mol. The van der Waals surface area contributed by atoms with Crippen molar-refractivity contribution in [1.29, 1.82) is 0 Å². The Hall–Kier alpha value is -2.23. The van der Waals surface area contributed by atoms with Crippen LogP contribution in [0, 0.1) is 6.92 Å². The zero-order valence-electron chi connectivity index (χ0n) is 11.9. The average Bonchev–Trinajstić information content (AvgIpc) is 2.95. The van der Waals surface area contributed by atoms with Gasteiger partial charge in [-0.25, -0.2) is 4.79 Å². The lowest BCUT2D eigenvalue weighted by Gasteiger charge is -2.21. The van der Waals surface area contributed by atoms with E-state index in [9.17, 15) is 4.79 Å². The summed E-state index contributed by atoms with van der Waals surface area (Å²) in [4.78, 5) is 13.9. The van der Waals surface area contributed by atoms with E-state index in [4.69, 9.17) is 4.42 Å². The number of benzene rings is 1. The predicted molar refractivity (Wildman–Crippen MR) is 78.2 cm³/mol. The van der Waals surface area contributed by atoms with Crippen molar-refractivity contribution >= 4 is 6.03 Å². The molecule has 0 saturated heterocycles. The Morgan fingerprint density at radius 3 is 2.80 bits per heavy atom. The van der Waals surface area contributed by atoms with Gasteiger partial charge in [0.15, 0.2) is 0 Å². The molecule has 1 aromatic carbocycles. The summed E-state index contributed by atoms with van der Waals surface area (Å²) in [5.74, 6) is 0.755. The van der Waals surface area contributed by atoms with Gasteiger partial charge in [-0.2, -0.15) is 0 Å². The third-order valence-corrected chi connectivity index (χ3v) is 3.12. The quantitative estimate of drug-likeness (QED) is 0.907. The summed E-state index contributed by atoms with van der Waals surface area (Å²) in [7, 11) is 0. The summed E-state index contributed by atoms with van der Waals surface area (Å²) in [5, 5.41) is 2.86. The molecule has 0 aliphatic heterocycles. The van der Waals surface area contributed by atoms with E-state index in [1.54, 1.807) is 11.2 Å². The van der Waals surface area contributed by atoms with Crippen LogP contribution in [0.4, 0.5) is 4.79 Å². The first-order chi connectivity index (χ1) is 9.69. The molecule has 0 saturated carbocycles. The molecule has 2 aromatic rings. The summed E-state index contributed by atoms with van der Waals surface area (Å²) < 4.78 is 5.20. The van der Waals surface area contributed by atoms with Crippen LogP contribution in [-0.4, -0.2) is 17.5 Å². The minimum atomic E-state index is -0.0783. The van der Waals surface area contributed by atoms with E-state index in [1.165, 1.54) is 5.56 Å². The summed E-state index contributed by atoms with van der Waals surface area (Å²) in [5.41, 5.74) is 2.34. The second-order valence-corrected chi connectivity index (χ2v) is 4.74. The van der Waals surface area contributed by atoms with Crippen LogP contribution in [0.25, 0.3) is 0 Å². The van der Waals surface area contributed by atoms with Gasteiger partial charge in [-0.3, -0.25) is 0 Å². The molecular weight excluding hydrogens is 252 g/mol. The lowest BCUT2D eigenvalue weighted by molar-refractivity contribution is 0.196. The van der Waals surface area contributed by atoms with Gasteiger partial charge < -0.3 is 14.6 Å². The van der Waals surface area contributed by atoms with E-state index >= 15 is 0 Å². The number of hydrogen-bond acceptors (Lipinski definition) is 2. The molecule has 1 aromatic heterocycles. The molecule has 4 heteroatoms. The summed E-state index contributed by atoms with van der Waals surface area (Å²) >= 11 is 0. The van der Waals surface area contributed by atoms with Crippen LogP contribution in [0.1, 0.15) is 23.8 Å². The Bertz CT molecular complexity index is 549. The molecule has 0 atom stereocenters. The van der Waals surface area contributed by atoms with Crippen molar-refractivity contribution in [3.05, 3.63) is 59.5 Å². The topological polar surface area (TPSA) is 45.5 Å². The van der Waals surface area contributed by atoms with Crippen LogP contribution in [0.15, 0.2) is 47.1 Å². The maximum atomic E-state index is 12.1. The molecule has 0 aliphatic carbocycles. The van der Waals surface area contributed by atoms with E-state index in [1.807, 2.05) is 31.2 Å². The maximum absolute atomic E-state index is 12.1. The fourth-order valence-electron chi connectivity index (χ4n) is 2.05. The second-order valence-electron chi connectivity index (χ2n) is 4.74. The third kappa shape index (κ3) is 3.88. The van der Waals surface area contributed by atoms with Crippen molar-refractivity contribution in [2.75, 3.05) is 6.54 Å². The van der Waals surface area contributed by atoms with Gasteiger partial charge in [0.25, 0.3) is 0 Å². The highest BCUT2D eigenvalue weighted by molar-refractivity contribution is 5.74. The smallest absolute Gasteiger partial charge is 0.318 e. The number of furan rings is 1. The lowest BCUT2D eigenvalue weighted by atomic mass is 10.1. The minimum Gasteiger partial charge on any atom is -0.467 e. The molecule has 1 heterocycles. The molecule has 2 amide bonds. The highest BCUT2D eigenvalue weighted by atomic mass is 16.3. The number of nitrogens with zero attached hydrogens (tertiary/aromatic N) is 1. The molecule has 4 nitrogen and oxygen atoms in total. The normalized spacial score (nSPS) is 10.3. The van der Waals surface area contributed by atoms with Gasteiger partial charge in [-0.1, -0.05) is 29.8 Å². The van der Waals surface area contributed by atoms with Crippen molar-refractivity contribution < 1.29 is 9.21 Å². The Morgan fingerprint density at radius 1 is 1.30 bits per heavy atom. The van der Waals surface area contributed by atoms with Crippen molar-refractivity contribution in [2.45, 2.75) is 26.9 Å². The summed E-state index contributed by atoms with van der Waals surface area (Å²) in [6.07, 6.45) is 1.60. The van der Waals surface area contributed by atoms with E-state index in [-0.39, 0.29) is 6.03 Å². The maximum Gasteiger partial charge on any atom is 0.318 e. The van der Waals surface area contributed by atoms with Crippen molar-refractivity contribution in [2.24, 2.45) is 0 Å². The van der Waals surface area contributed by atoms with Crippen LogP contribution in [0.5, 0.6) is 0 Å². The number of rotatable bonds is 5. The van der Waals surface area contributed by atoms with Gasteiger partial charge in [-0.05, 0) is 31.5 Å². The second kappa shape index (κ2) is 6.80. The van der Waals surface area contributed by atoms with E-state index in [2.05, 4.69) is 24.4 Å². The first kappa shape index (κ1) is 14.2. The van der Waals surface area contributed by atoms with Gasteiger partial charge in [0.2, 0.25) is 0 Å². The number of amides is 2. The molecule has 20 heavy (non-hydrogen) atoms. The molecule has 0 aliphatic rings. The fraction of sp³-hybridized carbons (Fsp3) is 0.312. The predicted octanol–water partition coefficient (Wildman–Crippen LogP) is 3.32. The molecule has 2 rings (SSSR count). The lowest BCUT2D eigenvalue weighted by Crippen LogP contribution is -2.38. The first-order valence-corrected chi connectivity index (χ1v) is 6.79. The molecule has 106 valence electrons. The monoisotopic (exact) mass is 272 g/mol. The van der Waals surface area contributed by atoms with Crippen molar-refractivity contribution in [1.82, 2.24) is 10.2 Å². The number of carbonyl (C=O) groups is 1. The van der Waals surface area contributed by atoms with Crippen LogP contribution in [0.2, 0.25) is 0 Å². The van der Waals surface area contributed by atoms with E-state index < -0.39 is 0 Å².